The molecule has 0 fully saturated rings. The second-order valence-corrected chi connectivity index (χ2v) is 2.29. The molecule has 1 unspecified atom stereocenters. The molecule has 5 heteroatoms. The summed E-state index contributed by atoms with van der Waals surface area (Å²) in [4.78, 5) is 23.4. The molecule has 0 aliphatic heterocycles. The molecule has 0 bridgehead atoms. The summed E-state index contributed by atoms with van der Waals surface area (Å²) in [5.74, 6) is -1.17. The van der Waals surface area contributed by atoms with E-state index in [9.17, 15) is 9.59 Å². The van der Waals surface area contributed by atoms with E-state index in [0.717, 1.165) is 0 Å². The number of carboxylic acids is 1. The molecule has 0 saturated carbocycles. The number of nitrogens with two attached hydrogens (primary N) is 1. The van der Waals surface area contributed by atoms with Gasteiger partial charge >= 0.3 is 5.97 Å². The molecule has 5 nitrogen and oxygen atoms in total. The maximum Gasteiger partial charge on any atom is 0.326 e. The van der Waals surface area contributed by atoms with E-state index in [1.807, 2.05) is 0 Å². The van der Waals surface area contributed by atoms with Crippen LogP contribution in [0.3, 0.4) is 0 Å². The van der Waals surface area contributed by atoms with Crippen LogP contribution in [0.5, 0.6) is 0 Å². The highest BCUT2D eigenvalue weighted by Gasteiger charge is 2.13. The molecule has 64 valence electrons. The summed E-state index contributed by atoms with van der Waals surface area (Å²) in [7, 11) is 0. The fraction of sp³-hybridized carbons (Fsp3) is 0.143. The molecule has 0 aliphatic carbocycles. The zero-order chi connectivity index (χ0) is 9.14. The summed E-state index contributed by atoms with van der Waals surface area (Å²) in [6.45, 7) is 0. The molecule has 0 spiro atoms. The van der Waals surface area contributed by atoms with Crippen LogP contribution in [0.4, 0.5) is 0 Å². The molecular weight excluding hydrogens is 160 g/mol. The SMILES string of the molecule is NC(C(=O)O)c1cccc(=O)[nH]1. The first kappa shape index (κ1) is 8.48. The summed E-state index contributed by atoms with van der Waals surface area (Å²) in [5.41, 5.74) is 5.08. The summed E-state index contributed by atoms with van der Waals surface area (Å²) in [6, 6.07) is 3.04. The van der Waals surface area contributed by atoms with Crippen LogP contribution in [-0.4, -0.2) is 16.1 Å². The summed E-state index contributed by atoms with van der Waals surface area (Å²) in [5, 5.41) is 8.48. The molecule has 0 radical (unpaired) electrons. The third-order valence-electron chi connectivity index (χ3n) is 1.39. The zero-order valence-electron chi connectivity index (χ0n) is 6.15. The first-order valence-corrected chi connectivity index (χ1v) is 3.29. The molecular formula is C7H8N2O3. The van der Waals surface area contributed by atoms with Crippen molar-refractivity contribution in [2.24, 2.45) is 5.73 Å². The Balaban J connectivity index is 3.03. The molecule has 1 rings (SSSR count). The highest BCUT2D eigenvalue weighted by Crippen LogP contribution is 2.02. The van der Waals surface area contributed by atoms with Crippen LogP contribution in [0, 0.1) is 0 Å². The van der Waals surface area contributed by atoms with Gasteiger partial charge in [0.05, 0.1) is 0 Å². The predicted molar refractivity (Wildman–Crippen MR) is 41.6 cm³/mol. The largest absolute Gasteiger partial charge is 0.480 e. The van der Waals surface area contributed by atoms with Gasteiger partial charge in [-0.1, -0.05) is 6.07 Å². The summed E-state index contributed by atoms with van der Waals surface area (Å²) < 4.78 is 0. The van der Waals surface area contributed by atoms with E-state index in [2.05, 4.69) is 4.98 Å². The van der Waals surface area contributed by atoms with Gasteiger partial charge in [-0.2, -0.15) is 0 Å². The smallest absolute Gasteiger partial charge is 0.326 e. The maximum atomic E-state index is 10.7. The van der Waals surface area contributed by atoms with Crippen molar-refractivity contribution in [3.8, 4) is 0 Å². The lowest BCUT2D eigenvalue weighted by Crippen LogP contribution is -2.24. The quantitative estimate of drug-likeness (QED) is 0.552. The Hall–Kier alpha value is -1.62. The van der Waals surface area contributed by atoms with Crippen molar-refractivity contribution in [1.82, 2.24) is 4.98 Å². The lowest BCUT2D eigenvalue weighted by Gasteiger charge is -2.04. The van der Waals surface area contributed by atoms with E-state index in [1.165, 1.54) is 18.2 Å². The summed E-state index contributed by atoms with van der Waals surface area (Å²) in [6.07, 6.45) is 0. The fourth-order valence-electron chi connectivity index (χ4n) is 0.779. The van der Waals surface area contributed by atoms with Crippen molar-refractivity contribution < 1.29 is 9.90 Å². The molecule has 1 heterocycles. The Labute approximate surface area is 67.8 Å². The van der Waals surface area contributed by atoms with Crippen LogP contribution in [-0.2, 0) is 4.79 Å². The van der Waals surface area contributed by atoms with Gasteiger partial charge < -0.3 is 15.8 Å². The maximum absolute atomic E-state index is 10.7. The molecule has 1 aromatic rings. The van der Waals surface area contributed by atoms with Crippen molar-refractivity contribution in [2.75, 3.05) is 0 Å². The van der Waals surface area contributed by atoms with Gasteiger partial charge in [-0.25, -0.2) is 0 Å². The van der Waals surface area contributed by atoms with Gasteiger partial charge in [-0.3, -0.25) is 9.59 Å². The van der Waals surface area contributed by atoms with Crippen molar-refractivity contribution in [3.05, 3.63) is 34.2 Å². The van der Waals surface area contributed by atoms with Gasteiger partial charge in [0.15, 0.2) is 0 Å². The highest BCUT2D eigenvalue weighted by molar-refractivity contribution is 5.74. The number of carbonyl (C=O) groups is 1. The number of hydrogen-bond donors (Lipinski definition) is 3. The zero-order valence-corrected chi connectivity index (χ0v) is 6.15. The van der Waals surface area contributed by atoms with Gasteiger partial charge in [0.25, 0.3) is 0 Å². The number of nitrogens with one attached hydrogen (secondary N) is 1. The normalized spacial score (nSPS) is 12.4. The van der Waals surface area contributed by atoms with Gasteiger partial charge in [0.2, 0.25) is 5.56 Å². The van der Waals surface area contributed by atoms with Crippen LogP contribution in [0.1, 0.15) is 11.7 Å². The Morgan fingerprint density at radius 1 is 1.58 bits per heavy atom. The minimum atomic E-state index is -1.17. The van der Waals surface area contributed by atoms with Crippen molar-refractivity contribution in [1.29, 1.82) is 0 Å². The number of aliphatic carboxylic acids is 1. The number of hydrogen-bond acceptors (Lipinski definition) is 3. The monoisotopic (exact) mass is 168 g/mol. The second kappa shape index (κ2) is 3.19. The van der Waals surface area contributed by atoms with E-state index in [-0.39, 0.29) is 11.3 Å². The van der Waals surface area contributed by atoms with E-state index in [0.29, 0.717) is 0 Å². The topological polar surface area (TPSA) is 96.2 Å². The van der Waals surface area contributed by atoms with Crippen LogP contribution in [0.2, 0.25) is 0 Å². The van der Waals surface area contributed by atoms with Gasteiger partial charge in [-0.05, 0) is 6.07 Å². The molecule has 1 atom stereocenters. The Kier molecular flexibility index (Phi) is 2.25. The number of aromatic amines is 1. The highest BCUT2D eigenvalue weighted by atomic mass is 16.4. The van der Waals surface area contributed by atoms with Crippen molar-refractivity contribution in [2.45, 2.75) is 6.04 Å². The number of H-pyrrole nitrogens is 1. The number of aromatic nitrogens is 1. The molecule has 0 aromatic carbocycles. The lowest BCUT2D eigenvalue weighted by atomic mass is 10.2. The third kappa shape index (κ3) is 1.70. The molecule has 12 heavy (non-hydrogen) atoms. The average Bonchev–Trinajstić information content (AvgIpc) is 2.03. The van der Waals surface area contributed by atoms with Crippen molar-refractivity contribution in [3.63, 3.8) is 0 Å². The molecule has 0 saturated heterocycles. The minimum absolute atomic E-state index is 0.204. The fourth-order valence-corrected chi connectivity index (χ4v) is 0.779. The number of carboxylic acid groups (broad SMARTS) is 1. The van der Waals surface area contributed by atoms with Gasteiger partial charge in [-0.15, -0.1) is 0 Å². The molecule has 1 aromatic heterocycles. The van der Waals surface area contributed by atoms with Crippen LogP contribution < -0.4 is 11.3 Å². The Bertz CT molecular complexity index is 345. The number of rotatable bonds is 2. The van der Waals surface area contributed by atoms with Crippen LogP contribution >= 0.6 is 0 Å². The predicted octanol–water partition coefficient (Wildman–Crippen LogP) is -0.541. The van der Waals surface area contributed by atoms with E-state index >= 15 is 0 Å². The van der Waals surface area contributed by atoms with Crippen molar-refractivity contribution >= 4 is 5.97 Å². The Morgan fingerprint density at radius 3 is 2.75 bits per heavy atom. The van der Waals surface area contributed by atoms with E-state index in [4.69, 9.17) is 10.8 Å². The average molecular weight is 168 g/mol. The van der Waals surface area contributed by atoms with Gasteiger partial charge in [0.1, 0.15) is 6.04 Å². The first-order valence-electron chi connectivity index (χ1n) is 3.29. The lowest BCUT2D eigenvalue weighted by molar-refractivity contribution is -0.138. The number of pyridine rings is 1. The third-order valence-corrected chi connectivity index (χ3v) is 1.39. The van der Waals surface area contributed by atoms with Gasteiger partial charge in [0, 0.05) is 11.8 Å². The summed E-state index contributed by atoms with van der Waals surface area (Å²) >= 11 is 0. The van der Waals surface area contributed by atoms with E-state index in [1.54, 1.807) is 0 Å². The van der Waals surface area contributed by atoms with Crippen LogP contribution in [0.25, 0.3) is 0 Å². The molecule has 0 aliphatic rings. The van der Waals surface area contributed by atoms with Crippen LogP contribution in [0.15, 0.2) is 23.0 Å². The minimum Gasteiger partial charge on any atom is -0.480 e. The molecule has 0 amide bonds. The Morgan fingerprint density at radius 2 is 2.25 bits per heavy atom. The molecule has 4 N–H and O–H groups in total. The van der Waals surface area contributed by atoms with E-state index < -0.39 is 12.0 Å². The first-order chi connectivity index (χ1) is 5.61. The standard InChI is InChI=1S/C7H8N2O3/c8-6(7(11)12)4-2-1-3-5(10)9-4/h1-3,6H,8H2,(H,9,10)(H,11,12). The second-order valence-electron chi connectivity index (χ2n) is 2.29.